The molecule has 1 fully saturated rings. The van der Waals surface area contributed by atoms with Crippen molar-refractivity contribution in [1.29, 1.82) is 5.26 Å². The molecule has 2 aromatic carbocycles. The Kier molecular flexibility index (Phi) is 6.50. The van der Waals surface area contributed by atoms with Gasteiger partial charge in [0.25, 0.3) is 5.91 Å². The Balaban J connectivity index is 1.32. The molecular formula is C22H21FN6OS. The van der Waals surface area contributed by atoms with Crippen LogP contribution in [0.4, 0.5) is 15.8 Å². The molecular weight excluding hydrogens is 415 g/mol. The number of carbonyl (C=O) groups is 1. The third kappa shape index (κ3) is 5.42. The molecule has 158 valence electrons. The summed E-state index contributed by atoms with van der Waals surface area (Å²) in [6.45, 7) is 4.27. The number of hydrogen-bond donors (Lipinski definition) is 1. The summed E-state index contributed by atoms with van der Waals surface area (Å²) in [6, 6.07) is 15.4. The Morgan fingerprint density at radius 2 is 1.84 bits per heavy atom. The molecule has 9 heteroatoms. The largest absolute Gasteiger partial charge is 0.370 e. The summed E-state index contributed by atoms with van der Waals surface area (Å²) >= 11 is 1.27. The second kappa shape index (κ2) is 9.64. The molecule has 1 amide bonds. The molecule has 1 aromatic heterocycles. The van der Waals surface area contributed by atoms with Crippen molar-refractivity contribution in [3.05, 3.63) is 69.9 Å². The maximum atomic E-state index is 13.0. The van der Waals surface area contributed by atoms with Crippen molar-refractivity contribution in [2.45, 2.75) is 13.0 Å². The zero-order chi connectivity index (χ0) is 21.6. The van der Waals surface area contributed by atoms with E-state index in [9.17, 15) is 9.18 Å². The van der Waals surface area contributed by atoms with Gasteiger partial charge in [-0.1, -0.05) is 11.3 Å². The monoisotopic (exact) mass is 436 g/mol. The van der Waals surface area contributed by atoms with Crippen LogP contribution in [0.3, 0.4) is 0 Å². The van der Waals surface area contributed by atoms with Gasteiger partial charge in [0.15, 0.2) is 0 Å². The summed E-state index contributed by atoms with van der Waals surface area (Å²) in [7, 11) is 0. The van der Waals surface area contributed by atoms with Crippen molar-refractivity contribution in [3.8, 4) is 6.07 Å². The van der Waals surface area contributed by atoms with Crippen LogP contribution in [0.2, 0.25) is 0 Å². The van der Waals surface area contributed by atoms with Crippen LogP contribution in [0.5, 0.6) is 0 Å². The normalized spacial score (nSPS) is 14.6. The maximum Gasteiger partial charge on any atom is 0.286 e. The first kappa shape index (κ1) is 20.9. The van der Waals surface area contributed by atoms with Crippen molar-refractivity contribution in [2.24, 2.45) is 0 Å². The van der Waals surface area contributed by atoms with Crippen LogP contribution < -0.4 is 10.2 Å². The number of halogens is 1. The van der Waals surface area contributed by atoms with Gasteiger partial charge >= 0.3 is 0 Å². The van der Waals surface area contributed by atoms with E-state index in [4.69, 9.17) is 5.26 Å². The fraction of sp³-hybridized carbons (Fsp3) is 0.273. The molecule has 7 nitrogen and oxygen atoms in total. The van der Waals surface area contributed by atoms with Gasteiger partial charge in [0, 0.05) is 37.6 Å². The molecule has 4 rings (SSSR count). The Morgan fingerprint density at radius 1 is 1.06 bits per heavy atom. The van der Waals surface area contributed by atoms with Crippen LogP contribution in [0.25, 0.3) is 0 Å². The Morgan fingerprint density at radius 3 is 2.58 bits per heavy atom. The first-order valence-corrected chi connectivity index (χ1v) is 10.8. The summed E-state index contributed by atoms with van der Waals surface area (Å²) in [5, 5.41) is 20.9. The quantitative estimate of drug-likeness (QED) is 0.659. The molecule has 0 spiro atoms. The van der Waals surface area contributed by atoms with Gasteiger partial charge in [-0.3, -0.25) is 9.69 Å². The van der Waals surface area contributed by atoms with Crippen LogP contribution in [0.1, 0.15) is 26.8 Å². The first-order valence-electron chi connectivity index (χ1n) is 9.97. The summed E-state index contributed by atoms with van der Waals surface area (Å²) in [5.74, 6) is -0.704. The standard InChI is InChI=1S/C22H21FN6OS/c23-17-4-6-18(7-5-17)25-21(30)22-27-26-20(31-22)15-28-10-1-11-29(13-12-28)19-8-2-16(14-24)3-9-19/h2-9H,1,10-13,15H2,(H,25,30). The number of amides is 1. The zero-order valence-electron chi connectivity index (χ0n) is 16.8. The Labute approximate surface area is 183 Å². The SMILES string of the molecule is N#Cc1ccc(N2CCCN(Cc3nnc(C(=O)Nc4ccc(F)cc4)s3)CC2)cc1. The molecule has 0 unspecified atom stereocenters. The highest BCUT2D eigenvalue weighted by Crippen LogP contribution is 2.20. The Hall–Kier alpha value is -3.35. The van der Waals surface area contributed by atoms with Crippen LogP contribution in [0.15, 0.2) is 48.5 Å². The molecule has 31 heavy (non-hydrogen) atoms. The first-order chi connectivity index (χ1) is 15.1. The van der Waals surface area contributed by atoms with Gasteiger partial charge in [-0.15, -0.1) is 10.2 Å². The second-order valence-corrected chi connectivity index (χ2v) is 8.30. The van der Waals surface area contributed by atoms with E-state index in [1.54, 1.807) is 0 Å². The third-order valence-electron chi connectivity index (χ3n) is 5.07. The third-order valence-corrected chi connectivity index (χ3v) is 5.98. The van der Waals surface area contributed by atoms with E-state index in [2.05, 4.69) is 31.4 Å². The molecule has 1 saturated heterocycles. The van der Waals surface area contributed by atoms with Gasteiger partial charge in [-0.05, 0) is 55.0 Å². The van der Waals surface area contributed by atoms with Crippen molar-refractivity contribution < 1.29 is 9.18 Å². The topological polar surface area (TPSA) is 85.2 Å². The number of aromatic nitrogens is 2. The van der Waals surface area contributed by atoms with Crippen molar-refractivity contribution in [1.82, 2.24) is 15.1 Å². The molecule has 1 aliphatic heterocycles. The van der Waals surface area contributed by atoms with Gasteiger partial charge < -0.3 is 10.2 Å². The van der Waals surface area contributed by atoms with E-state index in [1.165, 1.54) is 35.6 Å². The van der Waals surface area contributed by atoms with Crippen molar-refractivity contribution in [3.63, 3.8) is 0 Å². The minimum absolute atomic E-state index is 0.286. The van der Waals surface area contributed by atoms with Gasteiger partial charge in [-0.25, -0.2) is 4.39 Å². The number of rotatable bonds is 5. The average molecular weight is 437 g/mol. The van der Waals surface area contributed by atoms with E-state index in [0.29, 0.717) is 17.8 Å². The van der Waals surface area contributed by atoms with Gasteiger partial charge in [-0.2, -0.15) is 5.26 Å². The van der Waals surface area contributed by atoms with Gasteiger partial charge in [0.2, 0.25) is 5.01 Å². The average Bonchev–Trinajstić information content (AvgIpc) is 3.13. The number of anilines is 2. The minimum Gasteiger partial charge on any atom is -0.370 e. The molecule has 0 saturated carbocycles. The highest BCUT2D eigenvalue weighted by atomic mass is 32.1. The van der Waals surface area contributed by atoms with Crippen molar-refractivity contribution in [2.75, 3.05) is 36.4 Å². The smallest absolute Gasteiger partial charge is 0.286 e. The fourth-order valence-electron chi connectivity index (χ4n) is 3.45. The van der Waals surface area contributed by atoms with Crippen LogP contribution in [0, 0.1) is 17.1 Å². The lowest BCUT2D eigenvalue weighted by Gasteiger charge is -2.23. The predicted octanol–water partition coefficient (Wildman–Crippen LogP) is 3.51. The molecule has 1 aliphatic rings. The van der Waals surface area contributed by atoms with E-state index in [0.717, 1.165) is 43.3 Å². The number of nitrogens with zero attached hydrogens (tertiary/aromatic N) is 5. The lowest BCUT2D eigenvalue weighted by atomic mass is 10.2. The van der Waals surface area contributed by atoms with Gasteiger partial charge in [0.1, 0.15) is 10.8 Å². The number of nitrogens with one attached hydrogen (secondary N) is 1. The summed E-state index contributed by atoms with van der Waals surface area (Å²) in [5.41, 5.74) is 2.30. The van der Waals surface area contributed by atoms with Crippen LogP contribution in [-0.4, -0.2) is 47.2 Å². The summed E-state index contributed by atoms with van der Waals surface area (Å²) in [6.07, 6.45) is 1.01. The highest BCUT2D eigenvalue weighted by molar-refractivity contribution is 7.13. The van der Waals surface area contributed by atoms with E-state index in [-0.39, 0.29) is 16.7 Å². The lowest BCUT2D eigenvalue weighted by Crippen LogP contribution is -2.30. The number of nitriles is 1. The Bertz CT molecular complexity index is 1080. The summed E-state index contributed by atoms with van der Waals surface area (Å²) in [4.78, 5) is 17.0. The van der Waals surface area contributed by atoms with Crippen LogP contribution in [-0.2, 0) is 6.54 Å². The number of benzene rings is 2. The molecule has 1 N–H and O–H groups in total. The fourth-order valence-corrected chi connectivity index (χ4v) is 4.23. The van der Waals surface area contributed by atoms with Crippen LogP contribution >= 0.6 is 11.3 Å². The molecule has 3 aromatic rings. The van der Waals surface area contributed by atoms with Crippen molar-refractivity contribution >= 4 is 28.6 Å². The second-order valence-electron chi connectivity index (χ2n) is 7.24. The molecule has 2 heterocycles. The molecule has 0 radical (unpaired) electrons. The molecule has 0 aliphatic carbocycles. The van der Waals surface area contributed by atoms with Gasteiger partial charge in [0.05, 0.1) is 18.2 Å². The molecule has 0 bridgehead atoms. The predicted molar refractivity (Wildman–Crippen MR) is 118 cm³/mol. The number of hydrogen-bond acceptors (Lipinski definition) is 7. The number of carbonyl (C=O) groups excluding carboxylic acids is 1. The molecule has 0 atom stereocenters. The van der Waals surface area contributed by atoms with E-state index in [1.807, 2.05) is 24.3 Å². The maximum absolute atomic E-state index is 13.0. The minimum atomic E-state index is -0.355. The zero-order valence-corrected chi connectivity index (χ0v) is 17.6. The van der Waals surface area contributed by atoms with E-state index >= 15 is 0 Å². The lowest BCUT2D eigenvalue weighted by molar-refractivity contribution is 0.102. The van der Waals surface area contributed by atoms with E-state index < -0.39 is 0 Å². The highest BCUT2D eigenvalue weighted by Gasteiger charge is 2.19. The summed E-state index contributed by atoms with van der Waals surface area (Å²) < 4.78 is 13.0.